The first-order valence-corrected chi connectivity index (χ1v) is 9.15. The normalized spacial score (nSPS) is 15.3. The number of ketones is 1. The molecule has 3 aromatic rings. The molecule has 0 aliphatic carbocycles. The van der Waals surface area contributed by atoms with Crippen LogP contribution in [0.1, 0.15) is 15.9 Å². The molecular weight excluding hydrogens is 364 g/mol. The number of hydrogen-bond donors (Lipinski definition) is 0. The Hall–Kier alpha value is -2.79. The van der Waals surface area contributed by atoms with E-state index in [1.165, 1.54) is 0 Å². The number of halogens is 1. The Morgan fingerprint density at radius 1 is 1.30 bits per heavy atom. The summed E-state index contributed by atoms with van der Waals surface area (Å²) >= 11 is 6.05. The molecule has 0 saturated carbocycles. The Kier molecular flexibility index (Phi) is 4.86. The highest BCUT2D eigenvalue weighted by Gasteiger charge is 2.25. The number of benzene rings is 2. The molecule has 5 nitrogen and oxygen atoms in total. The summed E-state index contributed by atoms with van der Waals surface area (Å²) < 4.78 is 15.0. The number of hydrogen-bond acceptors (Lipinski definition) is 3. The summed E-state index contributed by atoms with van der Waals surface area (Å²) in [6, 6.07) is 12.9. The van der Waals surface area contributed by atoms with E-state index in [1.54, 1.807) is 31.4 Å². The molecule has 0 amide bonds. The van der Waals surface area contributed by atoms with Gasteiger partial charge in [0, 0.05) is 17.0 Å². The Morgan fingerprint density at radius 3 is 2.89 bits per heavy atom. The zero-order valence-corrected chi connectivity index (χ0v) is 15.7. The fourth-order valence-electron chi connectivity index (χ4n) is 3.30. The number of fused-ring (bicyclic) bond motifs is 1. The smallest absolute Gasteiger partial charge is 0.244 e. The first-order chi connectivity index (χ1) is 13.1. The van der Waals surface area contributed by atoms with Crippen molar-refractivity contribution < 1.29 is 18.8 Å². The van der Waals surface area contributed by atoms with Crippen LogP contribution in [0, 0.1) is 0 Å². The lowest BCUT2D eigenvalue weighted by Crippen LogP contribution is -2.36. The van der Waals surface area contributed by atoms with Gasteiger partial charge in [0.05, 0.1) is 7.11 Å². The Bertz CT molecular complexity index is 966. The van der Waals surface area contributed by atoms with Crippen molar-refractivity contribution in [3.05, 3.63) is 77.3 Å². The standard InChI is InChI=1S/C21H20ClN2O3/c1-26-18-5-2-15(3-6-18)20(25)13-24-9-8-23(14-24)12-19-11-16-10-17(22)4-7-21(16)27-19/h2-10,14,19H,11-13H2,1H3/q+1. The number of aromatic nitrogens is 2. The van der Waals surface area contributed by atoms with E-state index in [1.807, 2.05) is 46.1 Å². The van der Waals surface area contributed by atoms with Crippen LogP contribution < -0.4 is 14.0 Å². The lowest BCUT2D eigenvalue weighted by atomic mass is 10.1. The molecule has 0 fully saturated rings. The molecule has 4 rings (SSSR count). The van der Waals surface area contributed by atoms with Gasteiger partial charge in [-0.1, -0.05) is 11.6 Å². The molecule has 0 radical (unpaired) electrons. The van der Waals surface area contributed by atoms with Gasteiger partial charge in [-0.2, -0.15) is 0 Å². The second kappa shape index (κ2) is 7.45. The maximum Gasteiger partial charge on any atom is 0.244 e. The Morgan fingerprint density at radius 2 is 2.11 bits per heavy atom. The summed E-state index contributed by atoms with van der Waals surface area (Å²) in [6.45, 7) is 1.01. The van der Waals surface area contributed by atoms with Crippen LogP contribution in [0.25, 0.3) is 0 Å². The van der Waals surface area contributed by atoms with Crippen molar-refractivity contribution in [1.82, 2.24) is 4.57 Å². The van der Waals surface area contributed by atoms with Crippen LogP contribution in [0.15, 0.2) is 61.2 Å². The van der Waals surface area contributed by atoms with Gasteiger partial charge in [-0.05, 0) is 48.0 Å². The van der Waals surface area contributed by atoms with E-state index in [9.17, 15) is 4.79 Å². The van der Waals surface area contributed by atoms with Crippen LogP contribution in [0.4, 0.5) is 0 Å². The molecule has 2 heterocycles. The van der Waals surface area contributed by atoms with Gasteiger partial charge in [0.15, 0.2) is 6.54 Å². The third-order valence-corrected chi connectivity index (χ3v) is 4.90. The molecule has 2 aromatic carbocycles. The maximum atomic E-state index is 12.4. The number of rotatable bonds is 6. The second-order valence-corrected chi connectivity index (χ2v) is 7.07. The molecule has 138 valence electrons. The lowest BCUT2D eigenvalue weighted by molar-refractivity contribution is -0.682. The number of methoxy groups -OCH3 is 1. The summed E-state index contributed by atoms with van der Waals surface area (Å²) in [5.74, 6) is 1.70. The van der Waals surface area contributed by atoms with Crippen LogP contribution in [0.2, 0.25) is 5.02 Å². The van der Waals surface area contributed by atoms with E-state index in [0.717, 1.165) is 35.1 Å². The van der Waals surface area contributed by atoms with Gasteiger partial charge in [-0.15, -0.1) is 0 Å². The van der Waals surface area contributed by atoms with E-state index < -0.39 is 0 Å². The van der Waals surface area contributed by atoms with Crippen LogP contribution in [-0.4, -0.2) is 23.6 Å². The minimum Gasteiger partial charge on any atom is -0.497 e. The van der Waals surface area contributed by atoms with E-state index >= 15 is 0 Å². The fourth-order valence-corrected chi connectivity index (χ4v) is 3.49. The van der Waals surface area contributed by atoms with Gasteiger partial charge >= 0.3 is 0 Å². The molecule has 0 saturated heterocycles. The van der Waals surface area contributed by atoms with E-state index in [-0.39, 0.29) is 11.9 Å². The molecule has 1 atom stereocenters. The van der Waals surface area contributed by atoms with Crippen molar-refractivity contribution in [2.45, 2.75) is 25.6 Å². The lowest BCUT2D eigenvalue weighted by Gasteiger charge is -2.07. The van der Waals surface area contributed by atoms with Gasteiger partial charge < -0.3 is 9.47 Å². The van der Waals surface area contributed by atoms with E-state index in [4.69, 9.17) is 21.1 Å². The van der Waals surface area contributed by atoms with E-state index in [0.29, 0.717) is 12.1 Å². The second-order valence-electron chi connectivity index (χ2n) is 6.63. The number of imidazole rings is 1. The SMILES string of the molecule is COc1ccc(C(=O)C[n+]2ccn(CC3Cc4cc(Cl)ccc4O3)c2)cc1. The van der Waals surface area contributed by atoms with Crippen LogP contribution >= 0.6 is 11.6 Å². The molecule has 0 bridgehead atoms. The van der Waals surface area contributed by atoms with Crippen molar-refractivity contribution in [2.75, 3.05) is 7.11 Å². The van der Waals surface area contributed by atoms with E-state index in [2.05, 4.69) is 0 Å². The molecular formula is C21H20ClN2O3+. The summed E-state index contributed by atoms with van der Waals surface area (Å²) in [5, 5.41) is 0.730. The minimum absolute atomic E-state index is 0.0552. The quantitative estimate of drug-likeness (QED) is 0.484. The predicted molar refractivity (Wildman–Crippen MR) is 102 cm³/mol. The number of Topliss-reactive ketones (excluding diaryl/α,β-unsaturated/α-hetero) is 1. The molecule has 6 heteroatoms. The number of carbonyl (C=O) groups excluding carboxylic acids is 1. The van der Waals surface area contributed by atoms with Gasteiger partial charge in [0.1, 0.15) is 36.5 Å². The summed E-state index contributed by atoms with van der Waals surface area (Å²) in [6.07, 6.45) is 6.69. The van der Waals surface area contributed by atoms with Crippen LogP contribution in [-0.2, 0) is 19.5 Å². The monoisotopic (exact) mass is 383 g/mol. The van der Waals surface area contributed by atoms with Crippen molar-refractivity contribution >= 4 is 17.4 Å². The number of carbonyl (C=O) groups is 1. The number of ether oxygens (including phenoxy) is 2. The van der Waals surface area contributed by atoms with Crippen molar-refractivity contribution in [2.24, 2.45) is 0 Å². The van der Waals surface area contributed by atoms with Crippen molar-refractivity contribution in [3.63, 3.8) is 0 Å². The zero-order chi connectivity index (χ0) is 18.8. The minimum atomic E-state index is 0.0552. The molecule has 1 unspecified atom stereocenters. The predicted octanol–water partition coefficient (Wildman–Crippen LogP) is 3.32. The first-order valence-electron chi connectivity index (χ1n) is 8.78. The fraction of sp³-hybridized carbons (Fsp3) is 0.238. The highest BCUT2D eigenvalue weighted by Crippen LogP contribution is 2.31. The topological polar surface area (TPSA) is 44.3 Å². The molecule has 1 aromatic heterocycles. The highest BCUT2D eigenvalue weighted by molar-refractivity contribution is 6.30. The molecule has 1 aliphatic heterocycles. The Balaban J connectivity index is 1.37. The highest BCUT2D eigenvalue weighted by atomic mass is 35.5. The average molecular weight is 384 g/mol. The molecule has 0 spiro atoms. The van der Waals surface area contributed by atoms with Crippen LogP contribution in [0.5, 0.6) is 11.5 Å². The molecule has 1 aliphatic rings. The first kappa shape index (κ1) is 17.6. The van der Waals surface area contributed by atoms with Crippen molar-refractivity contribution in [1.29, 1.82) is 0 Å². The zero-order valence-electron chi connectivity index (χ0n) is 15.0. The summed E-state index contributed by atoms with van der Waals surface area (Å²) in [7, 11) is 1.61. The summed E-state index contributed by atoms with van der Waals surface area (Å²) in [4.78, 5) is 12.4. The molecule has 0 N–H and O–H groups in total. The van der Waals surface area contributed by atoms with Gasteiger partial charge in [0.25, 0.3) is 0 Å². The molecule has 27 heavy (non-hydrogen) atoms. The van der Waals surface area contributed by atoms with Crippen LogP contribution in [0.3, 0.4) is 0 Å². The summed E-state index contributed by atoms with van der Waals surface area (Å²) in [5.41, 5.74) is 1.81. The van der Waals surface area contributed by atoms with Gasteiger partial charge in [0.2, 0.25) is 12.1 Å². The van der Waals surface area contributed by atoms with Crippen molar-refractivity contribution in [3.8, 4) is 11.5 Å². The van der Waals surface area contributed by atoms with Gasteiger partial charge in [-0.25, -0.2) is 9.13 Å². The maximum absolute atomic E-state index is 12.4. The number of nitrogens with zero attached hydrogens (tertiary/aromatic N) is 2. The Labute approximate surface area is 162 Å². The third kappa shape index (κ3) is 3.98. The third-order valence-electron chi connectivity index (χ3n) is 4.66. The average Bonchev–Trinajstić information content (AvgIpc) is 3.27. The largest absolute Gasteiger partial charge is 0.497 e. The van der Waals surface area contributed by atoms with Gasteiger partial charge in [-0.3, -0.25) is 4.79 Å².